The average molecular weight is 401 g/mol. The highest BCUT2D eigenvalue weighted by Crippen LogP contribution is 2.43. The third-order valence-corrected chi connectivity index (χ3v) is 6.06. The number of nitrogens with two attached hydrogens (primary N) is 1. The number of piperidine rings is 1. The van der Waals surface area contributed by atoms with Gasteiger partial charge in [0.05, 0.1) is 23.5 Å². The standard InChI is InChI=1S/C25H28N4O/c1-17-7-5-13-27-23(17)21-11-4-12-22(24-18(2)8-6-14-28-24)29(21)16-19-9-3-10-20(15-19)25(26)30/h3,5-10,13-15,21-22H,4,11-12,16H2,1-2H3,(H2,26,30). The maximum atomic E-state index is 11.7. The molecule has 1 aliphatic heterocycles. The van der Waals surface area contributed by atoms with Crippen LogP contribution in [0.2, 0.25) is 0 Å². The van der Waals surface area contributed by atoms with E-state index in [0.717, 1.165) is 36.2 Å². The lowest BCUT2D eigenvalue weighted by Crippen LogP contribution is -2.37. The summed E-state index contributed by atoms with van der Waals surface area (Å²) in [5.74, 6) is -0.398. The van der Waals surface area contributed by atoms with Crippen LogP contribution < -0.4 is 5.73 Å². The highest BCUT2D eigenvalue weighted by molar-refractivity contribution is 5.92. The molecule has 154 valence electrons. The number of amides is 1. The van der Waals surface area contributed by atoms with Crippen LogP contribution in [-0.4, -0.2) is 20.8 Å². The van der Waals surface area contributed by atoms with Crippen LogP contribution in [0.15, 0.2) is 60.9 Å². The molecule has 0 bridgehead atoms. The molecule has 3 aromatic rings. The Morgan fingerprint density at radius 2 is 1.57 bits per heavy atom. The fourth-order valence-corrected chi connectivity index (χ4v) is 4.59. The first-order valence-corrected chi connectivity index (χ1v) is 10.5. The largest absolute Gasteiger partial charge is 0.366 e. The number of benzene rings is 1. The Hall–Kier alpha value is -3.05. The predicted octanol–water partition coefficient (Wildman–Crippen LogP) is 4.66. The number of carbonyl (C=O) groups excluding carboxylic acids is 1. The van der Waals surface area contributed by atoms with Crippen LogP contribution >= 0.6 is 0 Å². The molecule has 5 heteroatoms. The second-order valence-corrected chi connectivity index (χ2v) is 8.11. The Morgan fingerprint density at radius 1 is 0.967 bits per heavy atom. The van der Waals surface area contributed by atoms with E-state index in [9.17, 15) is 4.79 Å². The summed E-state index contributed by atoms with van der Waals surface area (Å²) in [6, 6.07) is 16.3. The zero-order valence-corrected chi connectivity index (χ0v) is 17.6. The summed E-state index contributed by atoms with van der Waals surface area (Å²) in [5, 5.41) is 0. The maximum absolute atomic E-state index is 11.7. The molecule has 1 saturated heterocycles. The molecule has 3 heterocycles. The third-order valence-electron chi connectivity index (χ3n) is 6.06. The van der Waals surface area contributed by atoms with Crippen LogP contribution in [0.3, 0.4) is 0 Å². The second-order valence-electron chi connectivity index (χ2n) is 8.11. The Bertz CT molecular complexity index is 995. The molecule has 0 radical (unpaired) electrons. The molecule has 2 aromatic heterocycles. The lowest BCUT2D eigenvalue weighted by molar-refractivity contribution is 0.0678. The van der Waals surface area contributed by atoms with Gasteiger partial charge >= 0.3 is 0 Å². The van der Waals surface area contributed by atoms with E-state index in [1.165, 1.54) is 11.1 Å². The zero-order chi connectivity index (χ0) is 21.1. The number of carbonyl (C=O) groups is 1. The van der Waals surface area contributed by atoms with E-state index in [1.54, 1.807) is 6.07 Å². The van der Waals surface area contributed by atoms with Gasteiger partial charge in [-0.05, 0) is 74.1 Å². The van der Waals surface area contributed by atoms with Crippen molar-refractivity contribution in [3.63, 3.8) is 0 Å². The summed E-state index contributed by atoms with van der Waals surface area (Å²) in [4.78, 5) is 23.7. The summed E-state index contributed by atoms with van der Waals surface area (Å²) in [6.45, 7) is 4.97. The first kappa shape index (κ1) is 20.2. The molecule has 2 unspecified atom stereocenters. The molecule has 30 heavy (non-hydrogen) atoms. The summed E-state index contributed by atoms with van der Waals surface area (Å²) < 4.78 is 0. The van der Waals surface area contributed by atoms with E-state index in [1.807, 2.05) is 36.7 Å². The van der Waals surface area contributed by atoms with Crippen molar-refractivity contribution < 1.29 is 4.79 Å². The summed E-state index contributed by atoms with van der Waals surface area (Å²) >= 11 is 0. The van der Waals surface area contributed by atoms with Crippen molar-refractivity contribution in [3.05, 3.63) is 94.6 Å². The SMILES string of the molecule is Cc1cccnc1C1CCCC(c2ncccc2C)N1Cc1cccc(C(N)=O)c1. The van der Waals surface area contributed by atoms with Gasteiger partial charge in [0.2, 0.25) is 5.91 Å². The van der Waals surface area contributed by atoms with Crippen molar-refractivity contribution in [2.75, 3.05) is 0 Å². The van der Waals surface area contributed by atoms with E-state index in [-0.39, 0.29) is 12.1 Å². The normalized spacial score (nSPS) is 19.5. The Labute approximate surface area is 178 Å². The van der Waals surface area contributed by atoms with Gasteiger partial charge in [0.1, 0.15) is 0 Å². The lowest BCUT2D eigenvalue weighted by Gasteiger charge is -2.42. The van der Waals surface area contributed by atoms with Crippen LogP contribution in [0.25, 0.3) is 0 Å². The topological polar surface area (TPSA) is 72.1 Å². The van der Waals surface area contributed by atoms with Gasteiger partial charge in [0.25, 0.3) is 0 Å². The van der Waals surface area contributed by atoms with E-state index < -0.39 is 5.91 Å². The number of nitrogens with zero attached hydrogens (tertiary/aromatic N) is 3. The summed E-state index contributed by atoms with van der Waals surface area (Å²) in [6.07, 6.45) is 6.98. The van der Waals surface area contributed by atoms with Gasteiger partial charge in [-0.1, -0.05) is 24.3 Å². The van der Waals surface area contributed by atoms with Crippen molar-refractivity contribution in [1.29, 1.82) is 0 Å². The van der Waals surface area contributed by atoms with Crippen LogP contribution in [0.5, 0.6) is 0 Å². The lowest BCUT2D eigenvalue weighted by atomic mass is 9.88. The van der Waals surface area contributed by atoms with Crippen molar-refractivity contribution in [1.82, 2.24) is 14.9 Å². The monoisotopic (exact) mass is 400 g/mol. The minimum atomic E-state index is -0.398. The fraction of sp³-hybridized carbons (Fsp3) is 0.320. The van der Waals surface area contributed by atoms with E-state index in [0.29, 0.717) is 12.1 Å². The minimum absolute atomic E-state index is 0.198. The van der Waals surface area contributed by atoms with Crippen molar-refractivity contribution >= 4 is 5.91 Å². The van der Waals surface area contributed by atoms with Gasteiger partial charge in [-0.15, -0.1) is 0 Å². The fourth-order valence-electron chi connectivity index (χ4n) is 4.59. The van der Waals surface area contributed by atoms with Crippen molar-refractivity contribution in [2.24, 2.45) is 5.73 Å². The molecule has 5 nitrogen and oxygen atoms in total. The molecular formula is C25H28N4O. The van der Waals surface area contributed by atoms with Gasteiger partial charge in [-0.3, -0.25) is 19.7 Å². The first-order valence-electron chi connectivity index (χ1n) is 10.5. The number of aryl methyl sites for hydroxylation is 2. The molecule has 0 saturated carbocycles. The number of rotatable bonds is 5. The molecule has 2 N–H and O–H groups in total. The zero-order valence-electron chi connectivity index (χ0n) is 17.6. The van der Waals surface area contributed by atoms with Crippen LogP contribution in [0.1, 0.15) is 69.8 Å². The number of primary amides is 1. The molecule has 2 atom stereocenters. The maximum Gasteiger partial charge on any atom is 0.248 e. The quantitative estimate of drug-likeness (QED) is 0.676. The number of hydrogen-bond acceptors (Lipinski definition) is 4. The third kappa shape index (κ3) is 4.12. The van der Waals surface area contributed by atoms with Crippen LogP contribution in [-0.2, 0) is 6.54 Å². The highest BCUT2D eigenvalue weighted by atomic mass is 16.1. The Balaban J connectivity index is 1.76. The molecule has 0 aliphatic carbocycles. The van der Waals surface area contributed by atoms with Gasteiger partial charge in [0.15, 0.2) is 0 Å². The van der Waals surface area contributed by atoms with E-state index in [2.05, 4.69) is 36.9 Å². The molecule has 4 rings (SSSR count). The van der Waals surface area contributed by atoms with Gasteiger partial charge in [-0.2, -0.15) is 0 Å². The minimum Gasteiger partial charge on any atom is -0.366 e. The molecule has 1 aromatic carbocycles. The number of hydrogen-bond donors (Lipinski definition) is 1. The van der Waals surface area contributed by atoms with E-state index in [4.69, 9.17) is 15.7 Å². The van der Waals surface area contributed by atoms with Crippen molar-refractivity contribution in [2.45, 2.75) is 51.7 Å². The number of likely N-dealkylation sites (tertiary alicyclic amines) is 1. The molecule has 1 fully saturated rings. The number of aromatic nitrogens is 2. The Morgan fingerprint density at radius 3 is 2.10 bits per heavy atom. The van der Waals surface area contributed by atoms with Gasteiger partial charge in [-0.25, -0.2) is 0 Å². The number of pyridine rings is 2. The van der Waals surface area contributed by atoms with Gasteiger partial charge in [0, 0.05) is 24.5 Å². The van der Waals surface area contributed by atoms with Gasteiger partial charge < -0.3 is 5.73 Å². The molecule has 1 aliphatic rings. The summed E-state index contributed by atoms with van der Waals surface area (Å²) in [5.41, 5.74) is 11.8. The highest BCUT2D eigenvalue weighted by Gasteiger charge is 2.35. The summed E-state index contributed by atoms with van der Waals surface area (Å²) in [7, 11) is 0. The van der Waals surface area contributed by atoms with Crippen LogP contribution in [0.4, 0.5) is 0 Å². The molecule has 0 spiro atoms. The second kappa shape index (κ2) is 8.76. The molecular weight excluding hydrogens is 372 g/mol. The first-order chi connectivity index (χ1) is 14.5. The predicted molar refractivity (Wildman–Crippen MR) is 118 cm³/mol. The van der Waals surface area contributed by atoms with Crippen LogP contribution in [0, 0.1) is 13.8 Å². The van der Waals surface area contributed by atoms with Crippen molar-refractivity contribution in [3.8, 4) is 0 Å². The van der Waals surface area contributed by atoms with E-state index >= 15 is 0 Å². The Kier molecular flexibility index (Phi) is 5.91. The molecule has 1 amide bonds. The average Bonchev–Trinajstić information content (AvgIpc) is 2.75. The smallest absolute Gasteiger partial charge is 0.248 e.